The van der Waals surface area contributed by atoms with Crippen molar-refractivity contribution in [2.45, 2.75) is 59.0 Å². The van der Waals surface area contributed by atoms with Crippen molar-refractivity contribution in [2.24, 2.45) is 5.92 Å². The molecule has 0 saturated carbocycles. The monoisotopic (exact) mass is 431 g/mol. The molecule has 1 atom stereocenters. The van der Waals surface area contributed by atoms with Crippen molar-refractivity contribution in [1.82, 2.24) is 14.5 Å². The van der Waals surface area contributed by atoms with Gasteiger partial charge in [0.15, 0.2) is 0 Å². The number of esters is 1. The van der Waals surface area contributed by atoms with Gasteiger partial charge >= 0.3 is 12.1 Å². The summed E-state index contributed by atoms with van der Waals surface area (Å²) in [6, 6.07) is 3.57. The Balaban J connectivity index is 1.84. The normalized spacial score (nSPS) is 16.9. The van der Waals surface area contributed by atoms with Gasteiger partial charge in [-0.2, -0.15) is 5.10 Å². The minimum atomic E-state index is -1.23. The maximum absolute atomic E-state index is 12.6. The van der Waals surface area contributed by atoms with Crippen LogP contribution in [0.3, 0.4) is 0 Å². The van der Waals surface area contributed by atoms with Crippen LogP contribution in [0.15, 0.2) is 18.3 Å². The lowest BCUT2D eigenvalue weighted by Gasteiger charge is -2.39. The fraction of sp³-hybridized carbons (Fsp3) is 0.609. The molecule has 1 fully saturated rings. The quantitative estimate of drug-likeness (QED) is 0.531. The first-order chi connectivity index (χ1) is 14.8. The molecule has 3 heterocycles. The van der Waals surface area contributed by atoms with E-state index in [1.807, 2.05) is 6.92 Å². The Morgan fingerprint density at radius 3 is 2.61 bits per heavy atom. The Bertz CT molecular complexity index is 929. The molecule has 2 aromatic heterocycles. The molecule has 170 valence electrons. The molecule has 0 spiro atoms. The minimum Gasteiger partial charge on any atom is -0.462 e. The molecule has 8 nitrogen and oxygen atoms in total. The largest absolute Gasteiger partial charge is 0.462 e. The maximum atomic E-state index is 12.6. The van der Waals surface area contributed by atoms with Gasteiger partial charge in [0.05, 0.1) is 30.0 Å². The van der Waals surface area contributed by atoms with Gasteiger partial charge in [-0.15, -0.1) is 0 Å². The number of likely N-dealkylation sites (tertiary alicyclic amines) is 1. The molecule has 1 N–H and O–H groups in total. The molecule has 0 radical (unpaired) electrons. The molecule has 2 aromatic rings. The lowest BCUT2D eigenvalue weighted by Crippen LogP contribution is -2.45. The SMILES string of the molecule is CCCCOC(=O)N1CCC(C(C)(O)c2c(C)c(C(=O)OCC)c3cccnn23)CC1. The van der Waals surface area contributed by atoms with E-state index in [-0.39, 0.29) is 18.6 Å². The third-order valence-electron chi connectivity index (χ3n) is 6.18. The van der Waals surface area contributed by atoms with E-state index in [9.17, 15) is 14.7 Å². The van der Waals surface area contributed by atoms with Gasteiger partial charge in [-0.05, 0) is 63.6 Å². The smallest absolute Gasteiger partial charge is 0.409 e. The van der Waals surface area contributed by atoms with Crippen LogP contribution in [-0.4, -0.2) is 58.0 Å². The van der Waals surface area contributed by atoms with Crippen molar-refractivity contribution >= 4 is 17.6 Å². The van der Waals surface area contributed by atoms with Gasteiger partial charge in [-0.1, -0.05) is 13.3 Å². The fourth-order valence-corrected chi connectivity index (χ4v) is 4.48. The Morgan fingerprint density at radius 1 is 1.26 bits per heavy atom. The lowest BCUT2D eigenvalue weighted by molar-refractivity contribution is -0.0374. The number of nitrogens with zero attached hydrogens (tertiary/aromatic N) is 3. The van der Waals surface area contributed by atoms with Crippen molar-refractivity contribution in [1.29, 1.82) is 0 Å². The summed E-state index contributed by atoms with van der Waals surface area (Å²) >= 11 is 0. The molecule has 8 heteroatoms. The predicted octanol–water partition coefficient (Wildman–Crippen LogP) is 3.68. The zero-order valence-corrected chi connectivity index (χ0v) is 18.9. The van der Waals surface area contributed by atoms with Gasteiger partial charge in [0, 0.05) is 19.3 Å². The number of carbonyl (C=O) groups is 2. The second-order valence-electron chi connectivity index (χ2n) is 8.27. The molecule has 0 aliphatic carbocycles. The Kier molecular flexibility index (Phi) is 7.20. The first-order valence-corrected chi connectivity index (χ1v) is 11.1. The molecule has 1 amide bonds. The number of amides is 1. The van der Waals surface area contributed by atoms with Crippen LogP contribution >= 0.6 is 0 Å². The number of rotatable bonds is 7. The summed E-state index contributed by atoms with van der Waals surface area (Å²) in [5.74, 6) is -0.516. The zero-order valence-electron chi connectivity index (χ0n) is 18.9. The van der Waals surface area contributed by atoms with Crippen LogP contribution in [-0.2, 0) is 15.1 Å². The van der Waals surface area contributed by atoms with E-state index < -0.39 is 11.6 Å². The number of ether oxygens (including phenoxy) is 2. The summed E-state index contributed by atoms with van der Waals surface area (Å²) < 4.78 is 12.2. The molecular weight excluding hydrogens is 398 g/mol. The first kappa shape index (κ1) is 23.1. The number of fused-ring (bicyclic) bond motifs is 1. The number of aliphatic hydroxyl groups is 1. The third kappa shape index (κ3) is 4.54. The van der Waals surface area contributed by atoms with Crippen LogP contribution in [0.4, 0.5) is 4.79 Å². The van der Waals surface area contributed by atoms with E-state index in [0.29, 0.717) is 54.9 Å². The number of unbranched alkanes of at least 4 members (excludes halogenated alkanes) is 1. The molecule has 0 bridgehead atoms. The van der Waals surface area contributed by atoms with Crippen LogP contribution in [0.5, 0.6) is 0 Å². The molecule has 1 unspecified atom stereocenters. The molecule has 1 saturated heterocycles. The van der Waals surface area contributed by atoms with Gasteiger partial charge in [-0.3, -0.25) is 0 Å². The topological polar surface area (TPSA) is 93.4 Å². The highest BCUT2D eigenvalue weighted by molar-refractivity contribution is 5.99. The summed E-state index contributed by atoms with van der Waals surface area (Å²) in [6.45, 7) is 9.16. The molecule has 1 aliphatic rings. The fourth-order valence-electron chi connectivity index (χ4n) is 4.48. The average molecular weight is 432 g/mol. The Hall–Kier alpha value is -2.61. The number of carbonyl (C=O) groups excluding carboxylic acids is 2. The van der Waals surface area contributed by atoms with Crippen molar-refractivity contribution in [3.05, 3.63) is 35.2 Å². The Labute approximate surface area is 183 Å². The van der Waals surface area contributed by atoms with E-state index in [0.717, 1.165) is 12.8 Å². The highest BCUT2D eigenvalue weighted by atomic mass is 16.6. The molecular formula is C23H33N3O5. The lowest BCUT2D eigenvalue weighted by atomic mass is 9.78. The van der Waals surface area contributed by atoms with Crippen LogP contribution in [0.2, 0.25) is 0 Å². The number of piperidine rings is 1. The summed E-state index contributed by atoms with van der Waals surface area (Å²) in [6.07, 6.45) is 4.43. The second-order valence-corrected chi connectivity index (χ2v) is 8.27. The van der Waals surface area contributed by atoms with E-state index in [4.69, 9.17) is 9.47 Å². The number of hydrogen-bond donors (Lipinski definition) is 1. The standard InChI is InChI=1S/C23H33N3O5/c1-5-7-15-31-22(28)25-13-10-17(11-14-25)23(4,29)20-16(3)19(21(27)30-6-2)18-9-8-12-24-26(18)20/h8-9,12,17,29H,5-7,10-11,13-15H2,1-4H3. The predicted molar refractivity (Wildman–Crippen MR) is 116 cm³/mol. The maximum Gasteiger partial charge on any atom is 0.409 e. The molecule has 3 rings (SSSR count). The van der Waals surface area contributed by atoms with Crippen molar-refractivity contribution in [3.8, 4) is 0 Å². The van der Waals surface area contributed by atoms with Crippen molar-refractivity contribution in [3.63, 3.8) is 0 Å². The second kappa shape index (κ2) is 9.68. The highest BCUT2D eigenvalue weighted by Gasteiger charge is 2.42. The third-order valence-corrected chi connectivity index (χ3v) is 6.18. The summed E-state index contributed by atoms with van der Waals surface area (Å²) in [5.41, 5.74) is 1.08. The van der Waals surface area contributed by atoms with Gasteiger partial charge in [0.1, 0.15) is 5.60 Å². The average Bonchev–Trinajstić information content (AvgIpc) is 3.06. The number of hydrogen-bond acceptors (Lipinski definition) is 6. The molecule has 1 aliphatic heterocycles. The summed E-state index contributed by atoms with van der Waals surface area (Å²) in [4.78, 5) is 26.6. The first-order valence-electron chi connectivity index (χ1n) is 11.1. The van der Waals surface area contributed by atoms with Gasteiger partial charge in [0.25, 0.3) is 0 Å². The van der Waals surface area contributed by atoms with E-state index in [1.54, 1.807) is 41.6 Å². The van der Waals surface area contributed by atoms with E-state index in [2.05, 4.69) is 12.0 Å². The van der Waals surface area contributed by atoms with Crippen LogP contribution in [0, 0.1) is 12.8 Å². The minimum absolute atomic E-state index is 0.0963. The van der Waals surface area contributed by atoms with E-state index in [1.165, 1.54) is 0 Å². The van der Waals surface area contributed by atoms with Gasteiger partial charge < -0.3 is 19.5 Å². The molecule has 0 aromatic carbocycles. The van der Waals surface area contributed by atoms with E-state index >= 15 is 0 Å². The van der Waals surface area contributed by atoms with Crippen molar-refractivity contribution < 1.29 is 24.2 Å². The van der Waals surface area contributed by atoms with Gasteiger partial charge in [-0.25, -0.2) is 14.1 Å². The van der Waals surface area contributed by atoms with Crippen LogP contribution in [0.1, 0.15) is 68.1 Å². The summed E-state index contributed by atoms with van der Waals surface area (Å²) in [5, 5.41) is 16.1. The summed E-state index contributed by atoms with van der Waals surface area (Å²) in [7, 11) is 0. The van der Waals surface area contributed by atoms with Crippen molar-refractivity contribution in [2.75, 3.05) is 26.3 Å². The van der Waals surface area contributed by atoms with Crippen LogP contribution < -0.4 is 0 Å². The zero-order chi connectivity index (χ0) is 22.6. The Morgan fingerprint density at radius 2 is 1.97 bits per heavy atom. The van der Waals surface area contributed by atoms with Crippen LogP contribution in [0.25, 0.3) is 5.52 Å². The molecule has 31 heavy (non-hydrogen) atoms. The highest BCUT2D eigenvalue weighted by Crippen LogP contribution is 2.40. The van der Waals surface area contributed by atoms with Gasteiger partial charge in [0.2, 0.25) is 0 Å². The number of aromatic nitrogens is 2.